The molecule has 4 saturated carbocycles. The van der Waals surface area contributed by atoms with Gasteiger partial charge in [-0.05, 0) is 76.2 Å². The van der Waals surface area contributed by atoms with Crippen molar-refractivity contribution in [3.8, 4) is 0 Å². The standard InChI is InChI=1S/C22H32N2O2/c1-21(2,3)24(20(25)26)22-11-16-9-17(12-22)19(18(10-16)13-22)23-14-15-7-5-4-6-8-15/h4-8,16-19,23H,9-14H2,1-3H3,(H,25,26)/t16?,17-,18-,19?,22?/m0/s1. The van der Waals surface area contributed by atoms with Crippen LogP contribution in [-0.4, -0.2) is 33.2 Å². The molecule has 2 N–H and O–H groups in total. The average molecular weight is 357 g/mol. The molecule has 4 bridgehead atoms. The van der Waals surface area contributed by atoms with Gasteiger partial charge in [-0.25, -0.2) is 4.79 Å². The summed E-state index contributed by atoms with van der Waals surface area (Å²) in [6.45, 7) is 7.05. The molecule has 142 valence electrons. The van der Waals surface area contributed by atoms with Crippen LogP contribution in [0.2, 0.25) is 0 Å². The molecule has 1 aromatic rings. The summed E-state index contributed by atoms with van der Waals surface area (Å²) >= 11 is 0. The number of nitrogens with one attached hydrogen (secondary N) is 1. The van der Waals surface area contributed by atoms with Crippen LogP contribution in [0.3, 0.4) is 0 Å². The predicted octanol–water partition coefficient (Wildman–Crippen LogP) is 4.50. The van der Waals surface area contributed by atoms with E-state index in [1.807, 2.05) is 25.7 Å². The number of amides is 1. The molecule has 0 spiro atoms. The van der Waals surface area contributed by atoms with Gasteiger partial charge in [0.25, 0.3) is 0 Å². The first-order valence-corrected chi connectivity index (χ1v) is 10.1. The van der Waals surface area contributed by atoms with E-state index < -0.39 is 6.09 Å². The Bertz CT molecular complexity index is 650. The molecule has 26 heavy (non-hydrogen) atoms. The fourth-order valence-electron chi connectivity index (χ4n) is 6.62. The molecular weight excluding hydrogens is 324 g/mol. The topological polar surface area (TPSA) is 52.6 Å². The summed E-state index contributed by atoms with van der Waals surface area (Å²) in [5, 5.41) is 13.8. The second kappa shape index (κ2) is 6.26. The number of benzene rings is 1. The molecule has 0 saturated heterocycles. The quantitative estimate of drug-likeness (QED) is 0.835. The number of carbonyl (C=O) groups is 1. The normalized spacial score (nSPS) is 35.5. The van der Waals surface area contributed by atoms with E-state index in [0.29, 0.717) is 23.8 Å². The summed E-state index contributed by atoms with van der Waals surface area (Å²) in [7, 11) is 0. The van der Waals surface area contributed by atoms with Crippen LogP contribution in [0.4, 0.5) is 4.79 Å². The minimum atomic E-state index is -0.742. The fourth-order valence-corrected chi connectivity index (χ4v) is 6.62. The minimum Gasteiger partial charge on any atom is -0.465 e. The van der Waals surface area contributed by atoms with Crippen molar-refractivity contribution in [3.05, 3.63) is 35.9 Å². The maximum absolute atomic E-state index is 12.2. The van der Waals surface area contributed by atoms with E-state index in [2.05, 4.69) is 35.6 Å². The Morgan fingerprint density at radius 2 is 1.77 bits per heavy atom. The van der Waals surface area contributed by atoms with Crippen LogP contribution in [0.15, 0.2) is 30.3 Å². The monoisotopic (exact) mass is 356 g/mol. The zero-order chi connectivity index (χ0) is 18.5. The van der Waals surface area contributed by atoms with Gasteiger partial charge < -0.3 is 10.4 Å². The van der Waals surface area contributed by atoms with Crippen molar-refractivity contribution >= 4 is 6.09 Å². The number of hydrogen-bond donors (Lipinski definition) is 2. The van der Waals surface area contributed by atoms with Gasteiger partial charge in [-0.3, -0.25) is 4.90 Å². The van der Waals surface area contributed by atoms with Gasteiger partial charge in [-0.2, -0.15) is 0 Å². The van der Waals surface area contributed by atoms with Gasteiger partial charge in [0.1, 0.15) is 0 Å². The summed E-state index contributed by atoms with van der Waals surface area (Å²) in [6, 6.07) is 11.1. The number of nitrogens with zero attached hydrogens (tertiary/aromatic N) is 1. The first-order valence-electron chi connectivity index (χ1n) is 10.1. The molecule has 4 aliphatic rings. The third-order valence-corrected chi connectivity index (χ3v) is 6.96. The Hall–Kier alpha value is -1.55. The summed E-state index contributed by atoms with van der Waals surface area (Å²) in [5.41, 5.74) is 0.841. The zero-order valence-corrected chi connectivity index (χ0v) is 16.2. The molecule has 0 aliphatic heterocycles. The van der Waals surface area contributed by atoms with E-state index in [-0.39, 0.29) is 11.1 Å². The van der Waals surface area contributed by atoms with Gasteiger partial charge in [-0.15, -0.1) is 0 Å². The highest BCUT2D eigenvalue weighted by Gasteiger charge is 2.60. The van der Waals surface area contributed by atoms with E-state index in [1.54, 1.807) is 0 Å². The molecule has 4 fully saturated rings. The van der Waals surface area contributed by atoms with Crippen molar-refractivity contribution < 1.29 is 9.90 Å². The Morgan fingerprint density at radius 1 is 1.15 bits per heavy atom. The van der Waals surface area contributed by atoms with Crippen LogP contribution >= 0.6 is 0 Å². The van der Waals surface area contributed by atoms with Gasteiger partial charge in [0.15, 0.2) is 0 Å². The molecule has 0 radical (unpaired) electrons. The fraction of sp³-hybridized carbons (Fsp3) is 0.682. The molecule has 4 aliphatic carbocycles. The number of carboxylic acid groups (broad SMARTS) is 1. The maximum Gasteiger partial charge on any atom is 0.408 e. The predicted molar refractivity (Wildman–Crippen MR) is 103 cm³/mol. The molecule has 0 unspecified atom stereocenters. The van der Waals surface area contributed by atoms with Crippen molar-refractivity contribution in [2.24, 2.45) is 17.8 Å². The van der Waals surface area contributed by atoms with E-state index in [4.69, 9.17) is 0 Å². The molecule has 2 atom stereocenters. The van der Waals surface area contributed by atoms with Crippen molar-refractivity contribution in [3.63, 3.8) is 0 Å². The lowest BCUT2D eigenvalue weighted by molar-refractivity contribution is -0.118. The second-order valence-corrected chi connectivity index (χ2v) is 9.88. The summed E-state index contributed by atoms with van der Waals surface area (Å²) < 4.78 is 0. The molecule has 0 aromatic heterocycles. The third kappa shape index (κ3) is 3.02. The highest BCUT2D eigenvalue weighted by Crippen LogP contribution is 2.59. The average Bonchev–Trinajstić information content (AvgIpc) is 2.52. The Labute approximate surface area is 157 Å². The molecule has 1 amide bonds. The highest BCUT2D eigenvalue weighted by molar-refractivity contribution is 5.67. The van der Waals surface area contributed by atoms with Crippen LogP contribution in [0.1, 0.15) is 58.4 Å². The summed E-state index contributed by atoms with van der Waals surface area (Å²) in [6.07, 6.45) is 4.90. The first-order chi connectivity index (χ1) is 12.3. The molecular formula is C22H32N2O2. The van der Waals surface area contributed by atoms with Crippen molar-refractivity contribution in [1.82, 2.24) is 10.2 Å². The maximum atomic E-state index is 12.2. The van der Waals surface area contributed by atoms with E-state index in [0.717, 1.165) is 25.8 Å². The molecule has 5 rings (SSSR count). The SMILES string of the molecule is CC(C)(C)N(C(=O)O)C12CC3C[C@@H](C1)C(NCc1ccccc1)[C@@H](C3)C2. The Balaban J connectivity index is 1.53. The minimum absolute atomic E-state index is 0.147. The van der Waals surface area contributed by atoms with Crippen molar-refractivity contribution in [1.29, 1.82) is 0 Å². The van der Waals surface area contributed by atoms with E-state index >= 15 is 0 Å². The van der Waals surface area contributed by atoms with Gasteiger partial charge in [0, 0.05) is 23.7 Å². The van der Waals surface area contributed by atoms with Crippen LogP contribution in [-0.2, 0) is 6.54 Å². The lowest BCUT2D eigenvalue weighted by atomic mass is 9.50. The molecule has 0 heterocycles. The largest absolute Gasteiger partial charge is 0.465 e. The summed E-state index contributed by atoms with van der Waals surface area (Å²) in [4.78, 5) is 14.0. The second-order valence-electron chi connectivity index (χ2n) is 9.88. The van der Waals surface area contributed by atoms with Gasteiger partial charge in [0.2, 0.25) is 0 Å². The molecule has 4 nitrogen and oxygen atoms in total. The molecule has 1 aromatic carbocycles. The van der Waals surface area contributed by atoms with Gasteiger partial charge >= 0.3 is 6.09 Å². The van der Waals surface area contributed by atoms with E-state index in [1.165, 1.54) is 18.4 Å². The van der Waals surface area contributed by atoms with Crippen LogP contribution in [0, 0.1) is 17.8 Å². The van der Waals surface area contributed by atoms with Crippen LogP contribution < -0.4 is 5.32 Å². The van der Waals surface area contributed by atoms with Gasteiger partial charge in [-0.1, -0.05) is 30.3 Å². The smallest absolute Gasteiger partial charge is 0.408 e. The number of rotatable bonds is 4. The lowest BCUT2D eigenvalue weighted by Crippen LogP contribution is -2.70. The number of hydrogen-bond acceptors (Lipinski definition) is 2. The van der Waals surface area contributed by atoms with Crippen molar-refractivity contribution in [2.45, 2.75) is 76.5 Å². The van der Waals surface area contributed by atoms with Crippen molar-refractivity contribution in [2.75, 3.05) is 0 Å². The first kappa shape index (κ1) is 17.8. The van der Waals surface area contributed by atoms with Crippen LogP contribution in [0.5, 0.6) is 0 Å². The zero-order valence-electron chi connectivity index (χ0n) is 16.2. The lowest BCUT2D eigenvalue weighted by Gasteiger charge is -2.64. The third-order valence-electron chi connectivity index (χ3n) is 6.96. The highest BCUT2D eigenvalue weighted by atomic mass is 16.4. The Kier molecular flexibility index (Phi) is 4.30. The molecule has 4 heteroatoms. The van der Waals surface area contributed by atoms with Gasteiger partial charge in [0.05, 0.1) is 0 Å². The Morgan fingerprint density at radius 3 is 2.31 bits per heavy atom. The van der Waals surface area contributed by atoms with Crippen LogP contribution in [0.25, 0.3) is 0 Å². The summed E-state index contributed by atoms with van der Waals surface area (Å²) in [5.74, 6) is 1.91. The van der Waals surface area contributed by atoms with E-state index in [9.17, 15) is 9.90 Å².